The Bertz CT molecular complexity index is 1510. The Hall–Kier alpha value is -3.33. The number of rotatable bonds is 7. The van der Waals surface area contributed by atoms with Crippen molar-refractivity contribution in [3.8, 4) is 11.3 Å². The summed E-state index contributed by atoms with van der Waals surface area (Å²) >= 11 is 12.2. The summed E-state index contributed by atoms with van der Waals surface area (Å²) in [6.07, 6.45) is 0. The number of benzene rings is 3. The van der Waals surface area contributed by atoms with E-state index in [9.17, 15) is 23.1 Å². The highest BCUT2D eigenvalue weighted by molar-refractivity contribution is 7.91. The second-order valence-corrected chi connectivity index (χ2v) is 9.81. The number of ketones is 1. The largest absolute Gasteiger partial charge is 0.475 e. The Labute approximate surface area is 199 Å². The van der Waals surface area contributed by atoms with E-state index >= 15 is 0 Å². The Balaban J connectivity index is 1.75. The first-order valence-corrected chi connectivity index (χ1v) is 12.0. The molecule has 7 nitrogen and oxygen atoms in total. The predicted molar refractivity (Wildman–Crippen MR) is 128 cm³/mol. The van der Waals surface area contributed by atoms with E-state index < -0.39 is 21.8 Å². The third-order valence-electron chi connectivity index (χ3n) is 4.89. The lowest BCUT2D eigenvalue weighted by Gasteiger charge is -2.12. The van der Waals surface area contributed by atoms with E-state index in [0.717, 1.165) is 0 Å². The van der Waals surface area contributed by atoms with Gasteiger partial charge in [0.1, 0.15) is 0 Å². The summed E-state index contributed by atoms with van der Waals surface area (Å²) in [6, 6.07) is 17.7. The first-order chi connectivity index (χ1) is 15.6. The van der Waals surface area contributed by atoms with E-state index in [1.165, 1.54) is 12.1 Å². The molecular formula is C23H16Cl2N2O5S. The number of carboxylic acid groups (broad SMARTS) is 1. The fraction of sp³-hybridized carbons (Fsp3) is 0.0435. The van der Waals surface area contributed by atoms with Gasteiger partial charge in [-0.05, 0) is 35.9 Å². The van der Waals surface area contributed by atoms with Crippen molar-refractivity contribution in [2.45, 2.75) is 5.75 Å². The maximum atomic E-state index is 12.7. The highest BCUT2D eigenvalue weighted by Crippen LogP contribution is 2.35. The van der Waals surface area contributed by atoms with Crippen LogP contribution in [0.5, 0.6) is 0 Å². The van der Waals surface area contributed by atoms with Gasteiger partial charge in [0.15, 0.2) is 0 Å². The van der Waals surface area contributed by atoms with Crippen LogP contribution in [-0.2, 0) is 20.6 Å². The number of aromatic amines is 1. The van der Waals surface area contributed by atoms with Crippen molar-refractivity contribution in [3.05, 3.63) is 87.9 Å². The second kappa shape index (κ2) is 8.90. The van der Waals surface area contributed by atoms with Crippen LogP contribution in [0.2, 0.25) is 10.0 Å². The third-order valence-corrected chi connectivity index (χ3v) is 6.70. The molecule has 1 heterocycles. The number of sulfonamides is 1. The zero-order chi connectivity index (χ0) is 23.8. The van der Waals surface area contributed by atoms with Crippen molar-refractivity contribution in [2.24, 2.45) is 0 Å². The molecule has 0 aliphatic carbocycles. The average molecular weight is 503 g/mol. The van der Waals surface area contributed by atoms with Crippen LogP contribution < -0.4 is 4.72 Å². The third kappa shape index (κ3) is 4.88. The topological polar surface area (TPSA) is 116 Å². The standard InChI is InChI=1S/C23H16Cl2N2O5S/c24-15-5-3-4-13(10-15)12-33(31,32)27-19-11-14(8-9-17(19)25)21-20(22(28)23(29)30)16-6-1-2-7-18(16)26-21/h1-11,26-27H,12H2,(H,29,30). The maximum Gasteiger partial charge on any atom is 0.377 e. The summed E-state index contributed by atoms with van der Waals surface area (Å²) in [5.74, 6) is -3.01. The molecule has 0 radical (unpaired) electrons. The van der Waals surface area contributed by atoms with E-state index in [2.05, 4.69) is 9.71 Å². The van der Waals surface area contributed by atoms with E-state index in [0.29, 0.717) is 27.1 Å². The van der Waals surface area contributed by atoms with E-state index in [1.54, 1.807) is 54.6 Å². The second-order valence-electron chi connectivity index (χ2n) is 7.24. The Morgan fingerprint density at radius 1 is 0.970 bits per heavy atom. The number of carboxylic acids is 1. The molecular weight excluding hydrogens is 487 g/mol. The molecule has 0 aliphatic rings. The number of Topliss-reactive ketones (excluding diaryl/α,β-unsaturated/α-hetero) is 1. The first kappa shape index (κ1) is 22.8. The van der Waals surface area contributed by atoms with Gasteiger partial charge in [0.25, 0.3) is 5.78 Å². The minimum atomic E-state index is -3.85. The molecule has 168 valence electrons. The molecule has 0 amide bonds. The molecule has 3 N–H and O–H groups in total. The number of aliphatic carboxylic acids is 1. The van der Waals surface area contributed by atoms with Gasteiger partial charge >= 0.3 is 5.97 Å². The molecule has 10 heteroatoms. The average Bonchev–Trinajstić information content (AvgIpc) is 3.13. The van der Waals surface area contributed by atoms with E-state index in [1.807, 2.05) is 0 Å². The van der Waals surface area contributed by atoms with Crippen LogP contribution in [0, 0.1) is 0 Å². The number of anilines is 1. The Morgan fingerprint density at radius 3 is 2.45 bits per heavy atom. The van der Waals surface area contributed by atoms with Gasteiger partial charge in [-0.3, -0.25) is 9.52 Å². The van der Waals surface area contributed by atoms with Crippen LogP contribution in [0.15, 0.2) is 66.7 Å². The van der Waals surface area contributed by atoms with E-state index in [4.69, 9.17) is 23.2 Å². The highest BCUT2D eigenvalue weighted by atomic mass is 35.5. The molecule has 0 saturated carbocycles. The van der Waals surface area contributed by atoms with Crippen LogP contribution in [0.3, 0.4) is 0 Å². The molecule has 0 bridgehead atoms. The molecule has 0 fully saturated rings. The van der Waals surface area contributed by atoms with Crippen molar-refractivity contribution in [1.82, 2.24) is 4.98 Å². The van der Waals surface area contributed by atoms with Gasteiger partial charge in [-0.25, -0.2) is 13.2 Å². The van der Waals surface area contributed by atoms with Crippen LogP contribution in [-0.4, -0.2) is 30.3 Å². The molecule has 3 aromatic carbocycles. The summed E-state index contributed by atoms with van der Waals surface area (Å²) in [7, 11) is -3.85. The Kier molecular flexibility index (Phi) is 6.16. The lowest BCUT2D eigenvalue weighted by molar-refractivity contribution is -0.131. The van der Waals surface area contributed by atoms with Crippen molar-refractivity contribution >= 4 is 61.6 Å². The van der Waals surface area contributed by atoms with Gasteiger partial charge in [0.05, 0.1) is 27.7 Å². The molecule has 33 heavy (non-hydrogen) atoms. The van der Waals surface area contributed by atoms with Gasteiger partial charge in [-0.2, -0.15) is 0 Å². The SMILES string of the molecule is O=C(O)C(=O)c1c(-c2ccc(Cl)c(NS(=O)(=O)Cc3cccc(Cl)c3)c2)[nH]c2ccccc12. The van der Waals surface area contributed by atoms with Crippen LogP contribution in [0.1, 0.15) is 15.9 Å². The van der Waals surface area contributed by atoms with Crippen molar-refractivity contribution < 1.29 is 23.1 Å². The number of para-hydroxylation sites is 1. The number of carbonyl (C=O) groups excluding carboxylic acids is 1. The molecule has 4 rings (SSSR count). The van der Waals surface area contributed by atoms with Gasteiger partial charge < -0.3 is 10.1 Å². The minimum Gasteiger partial charge on any atom is -0.475 e. The summed E-state index contributed by atoms with van der Waals surface area (Å²) < 4.78 is 27.9. The molecule has 0 unspecified atom stereocenters. The summed E-state index contributed by atoms with van der Waals surface area (Å²) in [4.78, 5) is 27.0. The van der Waals surface area contributed by atoms with Crippen LogP contribution >= 0.6 is 23.2 Å². The molecule has 4 aromatic rings. The number of hydrogen-bond acceptors (Lipinski definition) is 4. The zero-order valence-electron chi connectivity index (χ0n) is 16.8. The summed E-state index contributed by atoms with van der Waals surface area (Å²) in [5, 5.41) is 10.3. The number of halogens is 2. The van der Waals surface area contributed by atoms with Gasteiger partial charge in [-0.15, -0.1) is 0 Å². The lowest BCUT2D eigenvalue weighted by Crippen LogP contribution is -2.15. The minimum absolute atomic E-state index is 0.0202. The van der Waals surface area contributed by atoms with Crippen LogP contribution in [0.4, 0.5) is 5.69 Å². The predicted octanol–water partition coefficient (Wildman–Crippen LogP) is 5.35. The fourth-order valence-corrected chi connectivity index (χ4v) is 5.14. The number of hydrogen-bond donors (Lipinski definition) is 3. The first-order valence-electron chi connectivity index (χ1n) is 9.58. The molecule has 0 saturated heterocycles. The smallest absolute Gasteiger partial charge is 0.377 e. The molecule has 0 spiro atoms. The number of H-pyrrole nitrogens is 1. The molecule has 0 atom stereocenters. The monoisotopic (exact) mass is 502 g/mol. The number of aromatic nitrogens is 1. The highest BCUT2D eigenvalue weighted by Gasteiger charge is 2.25. The maximum absolute atomic E-state index is 12.7. The van der Waals surface area contributed by atoms with Gasteiger partial charge in [-0.1, -0.05) is 59.6 Å². The van der Waals surface area contributed by atoms with Crippen molar-refractivity contribution in [2.75, 3.05) is 4.72 Å². The summed E-state index contributed by atoms with van der Waals surface area (Å²) in [5.41, 5.74) is 1.76. The fourth-order valence-electron chi connectivity index (χ4n) is 3.51. The number of nitrogens with one attached hydrogen (secondary N) is 2. The van der Waals surface area contributed by atoms with Crippen LogP contribution in [0.25, 0.3) is 22.2 Å². The molecule has 0 aliphatic heterocycles. The Morgan fingerprint density at radius 2 is 1.73 bits per heavy atom. The normalized spacial score (nSPS) is 11.5. The molecule has 1 aromatic heterocycles. The van der Waals surface area contributed by atoms with Gasteiger partial charge in [0.2, 0.25) is 10.0 Å². The quantitative estimate of drug-likeness (QED) is 0.232. The lowest BCUT2D eigenvalue weighted by atomic mass is 10.0. The number of fused-ring (bicyclic) bond motifs is 1. The zero-order valence-corrected chi connectivity index (χ0v) is 19.1. The van der Waals surface area contributed by atoms with E-state index in [-0.39, 0.29) is 27.7 Å². The number of carbonyl (C=O) groups is 2. The van der Waals surface area contributed by atoms with Crippen molar-refractivity contribution in [3.63, 3.8) is 0 Å². The van der Waals surface area contributed by atoms with Crippen molar-refractivity contribution in [1.29, 1.82) is 0 Å². The van der Waals surface area contributed by atoms with Gasteiger partial charge in [0, 0.05) is 21.5 Å². The summed E-state index contributed by atoms with van der Waals surface area (Å²) in [6.45, 7) is 0.